The van der Waals surface area contributed by atoms with Crippen LogP contribution in [0.4, 0.5) is 0 Å². The molecular weight excluding hydrogens is 330 g/mol. The summed E-state index contributed by atoms with van der Waals surface area (Å²) in [5.74, 6) is 0. The van der Waals surface area contributed by atoms with Gasteiger partial charge in [0.25, 0.3) is 0 Å². The standard InChI is InChI=1S/C9H20O10P2/c1-6-8(14-2)9(19-21(12,13)16-4)7(18-6)5-17-20(10,11)15-3/h6-9H,5H2,1-4H3,(H,10,11)(H,12,13)/t6-,7+,8-,9+/m0/s1. The molecule has 0 aromatic carbocycles. The number of rotatable bonds is 8. The summed E-state index contributed by atoms with van der Waals surface area (Å²) in [4.78, 5) is 18.6. The van der Waals surface area contributed by atoms with Crippen LogP contribution in [0.5, 0.6) is 0 Å². The zero-order valence-electron chi connectivity index (χ0n) is 12.1. The highest BCUT2D eigenvalue weighted by molar-refractivity contribution is 7.47. The Bertz CT molecular complexity index is 429. The molecule has 12 heteroatoms. The Morgan fingerprint density at radius 1 is 1.05 bits per heavy atom. The quantitative estimate of drug-likeness (QED) is 0.603. The number of phosphoric acid groups is 2. The van der Waals surface area contributed by atoms with Crippen molar-refractivity contribution in [1.82, 2.24) is 0 Å². The Morgan fingerprint density at radius 2 is 1.62 bits per heavy atom. The van der Waals surface area contributed by atoms with E-state index in [2.05, 4.69) is 9.05 Å². The van der Waals surface area contributed by atoms with Crippen LogP contribution < -0.4 is 0 Å². The predicted molar refractivity (Wildman–Crippen MR) is 69.6 cm³/mol. The van der Waals surface area contributed by atoms with Gasteiger partial charge in [-0.25, -0.2) is 9.13 Å². The second-order valence-corrected chi connectivity index (χ2v) is 7.32. The molecule has 0 saturated carbocycles. The lowest BCUT2D eigenvalue weighted by atomic mass is 10.1. The summed E-state index contributed by atoms with van der Waals surface area (Å²) in [6, 6.07) is 0. The molecule has 6 atom stereocenters. The van der Waals surface area contributed by atoms with Gasteiger partial charge in [0.2, 0.25) is 0 Å². The zero-order valence-corrected chi connectivity index (χ0v) is 13.9. The van der Waals surface area contributed by atoms with E-state index in [-0.39, 0.29) is 6.61 Å². The van der Waals surface area contributed by atoms with Crippen molar-refractivity contribution in [1.29, 1.82) is 0 Å². The van der Waals surface area contributed by atoms with Gasteiger partial charge in [-0.2, -0.15) is 0 Å². The highest BCUT2D eigenvalue weighted by Gasteiger charge is 2.47. The number of phosphoric ester groups is 2. The van der Waals surface area contributed by atoms with Gasteiger partial charge >= 0.3 is 15.6 Å². The van der Waals surface area contributed by atoms with Crippen molar-refractivity contribution in [2.45, 2.75) is 31.3 Å². The van der Waals surface area contributed by atoms with Gasteiger partial charge in [-0.15, -0.1) is 0 Å². The average molecular weight is 350 g/mol. The summed E-state index contributed by atoms with van der Waals surface area (Å²) < 4.78 is 51.7. The van der Waals surface area contributed by atoms with E-state index < -0.39 is 40.1 Å². The van der Waals surface area contributed by atoms with Crippen LogP contribution in [-0.2, 0) is 36.7 Å². The summed E-state index contributed by atoms with van der Waals surface area (Å²) in [5, 5.41) is 0. The van der Waals surface area contributed by atoms with Crippen molar-refractivity contribution < 1.29 is 46.5 Å². The molecule has 1 fully saturated rings. The van der Waals surface area contributed by atoms with E-state index in [1.807, 2.05) is 0 Å². The molecule has 2 unspecified atom stereocenters. The summed E-state index contributed by atoms with van der Waals surface area (Å²) in [7, 11) is -5.08. The Labute approximate surface area is 122 Å². The van der Waals surface area contributed by atoms with Crippen LogP contribution in [0, 0.1) is 0 Å². The summed E-state index contributed by atoms with van der Waals surface area (Å²) >= 11 is 0. The van der Waals surface area contributed by atoms with Crippen molar-refractivity contribution in [2.75, 3.05) is 27.9 Å². The van der Waals surface area contributed by atoms with E-state index in [0.717, 1.165) is 14.2 Å². The van der Waals surface area contributed by atoms with Crippen LogP contribution in [-0.4, -0.2) is 62.1 Å². The normalized spacial score (nSPS) is 35.3. The van der Waals surface area contributed by atoms with Crippen molar-refractivity contribution in [3.63, 3.8) is 0 Å². The molecule has 1 aliphatic heterocycles. The molecular formula is C9H20O10P2. The molecule has 0 aromatic rings. The highest BCUT2D eigenvalue weighted by atomic mass is 31.2. The summed E-state index contributed by atoms with van der Waals surface area (Å²) in [5.41, 5.74) is 0. The van der Waals surface area contributed by atoms with Gasteiger partial charge in [0, 0.05) is 21.3 Å². The van der Waals surface area contributed by atoms with Gasteiger partial charge < -0.3 is 19.3 Å². The third-order valence-electron chi connectivity index (χ3n) is 2.93. The number of ether oxygens (including phenoxy) is 2. The lowest BCUT2D eigenvalue weighted by molar-refractivity contribution is -0.0193. The van der Waals surface area contributed by atoms with Crippen molar-refractivity contribution in [3.8, 4) is 0 Å². The van der Waals surface area contributed by atoms with Gasteiger partial charge in [0.05, 0.1) is 12.7 Å². The van der Waals surface area contributed by atoms with Crippen LogP contribution in [0.1, 0.15) is 6.92 Å². The Morgan fingerprint density at radius 3 is 2.10 bits per heavy atom. The van der Waals surface area contributed by atoms with Crippen molar-refractivity contribution in [3.05, 3.63) is 0 Å². The molecule has 21 heavy (non-hydrogen) atoms. The molecule has 0 spiro atoms. The first-order valence-corrected chi connectivity index (χ1v) is 8.93. The Hall–Kier alpha value is 0.140. The molecule has 0 aromatic heterocycles. The average Bonchev–Trinajstić information content (AvgIpc) is 2.71. The number of hydrogen-bond acceptors (Lipinski definition) is 8. The highest BCUT2D eigenvalue weighted by Crippen LogP contribution is 2.48. The van der Waals surface area contributed by atoms with Gasteiger partial charge in [0.1, 0.15) is 18.3 Å². The molecule has 0 amide bonds. The predicted octanol–water partition coefficient (Wildman–Crippen LogP) is 0.684. The second kappa shape index (κ2) is 7.61. The fourth-order valence-corrected chi connectivity index (χ4v) is 3.00. The topological polar surface area (TPSA) is 130 Å². The molecule has 0 radical (unpaired) electrons. The first kappa shape index (κ1) is 19.2. The molecule has 1 aliphatic rings. The maximum atomic E-state index is 11.5. The molecule has 1 heterocycles. The van der Waals surface area contributed by atoms with Gasteiger partial charge in [-0.05, 0) is 6.92 Å². The molecule has 0 bridgehead atoms. The second-order valence-electron chi connectivity index (χ2n) is 4.25. The van der Waals surface area contributed by atoms with Crippen molar-refractivity contribution >= 4 is 15.6 Å². The fraction of sp³-hybridized carbons (Fsp3) is 1.00. The maximum Gasteiger partial charge on any atom is 0.472 e. The molecule has 2 N–H and O–H groups in total. The lowest BCUT2D eigenvalue weighted by Gasteiger charge is -2.24. The minimum absolute atomic E-state index is 0.389. The molecule has 126 valence electrons. The zero-order chi connectivity index (χ0) is 16.3. The minimum Gasteiger partial charge on any atom is -0.376 e. The summed E-state index contributed by atoms with van der Waals surface area (Å²) in [6.07, 6.45) is -3.07. The van der Waals surface area contributed by atoms with Crippen LogP contribution >= 0.6 is 15.6 Å². The van der Waals surface area contributed by atoms with Gasteiger partial charge in [-0.1, -0.05) is 0 Å². The van der Waals surface area contributed by atoms with E-state index in [9.17, 15) is 18.9 Å². The van der Waals surface area contributed by atoms with E-state index >= 15 is 0 Å². The fourth-order valence-electron chi connectivity index (χ4n) is 1.91. The van der Waals surface area contributed by atoms with Crippen LogP contribution in [0.15, 0.2) is 0 Å². The van der Waals surface area contributed by atoms with E-state index in [0.29, 0.717) is 0 Å². The number of hydrogen-bond donors (Lipinski definition) is 2. The largest absolute Gasteiger partial charge is 0.472 e. The Balaban J connectivity index is 2.80. The molecule has 1 saturated heterocycles. The monoisotopic (exact) mass is 350 g/mol. The van der Waals surface area contributed by atoms with Gasteiger partial charge in [-0.3, -0.25) is 18.1 Å². The van der Waals surface area contributed by atoms with Crippen LogP contribution in [0.25, 0.3) is 0 Å². The SMILES string of the molecule is CO[C@@H]1[C@H](OP(=O)(O)OC)[C@@H](COP(=O)(O)OC)O[C@H]1C. The van der Waals surface area contributed by atoms with Crippen molar-refractivity contribution in [2.24, 2.45) is 0 Å². The summed E-state index contributed by atoms with van der Waals surface area (Å²) in [6.45, 7) is 1.27. The Kier molecular flexibility index (Phi) is 6.95. The maximum absolute atomic E-state index is 11.5. The first-order valence-electron chi connectivity index (χ1n) is 5.94. The first-order chi connectivity index (χ1) is 9.65. The van der Waals surface area contributed by atoms with E-state index in [1.54, 1.807) is 6.92 Å². The van der Waals surface area contributed by atoms with Crippen LogP contribution in [0.2, 0.25) is 0 Å². The molecule has 1 rings (SSSR count). The molecule has 0 aliphatic carbocycles. The smallest absolute Gasteiger partial charge is 0.376 e. The third-order valence-corrected chi connectivity index (χ3v) is 4.84. The van der Waals surface area contributed by atoms with Crippen LogP contribution in [0.3, 0.4) is 0 Å². The lowest BCUT2D eigenvalue weighted by Crippen LogP contribution is -2.37. The number of methoxy groups -OCH3 is 1. The minimum atomic E-state index is -4.29. The van der Waals surface area contributed by atoms with E-state index in [4.69, 9.17) is 18.5 Å². The third kappa shape index (κ3) is 5.37. The molecule has 10 nitrogen and oxygen atoms in total. The van der Waals surface area contributed by atoms with Gasteiger partial charge in [0.15, 0.2) is 0 Å². The van der Waals surface area contributed by atoms with E-state index in [1.165, 1.54) is 7.11 Å².